The number of nitrogens with one attached hydrogen (secondary N) is 1. The number of carbonyl (C=O) groups is 1. The van der Waals surface area contributed by atoms with Crippen molar-refractivity contribution >= 4 is 30.8 Å². The van der Waals surface area contributed by atoms with Gasteiger partial charge < -0.3 is 15.6 Å². The Morgan fingerprint density at radius 3 is 2.56 bits per heavy atom. The number of halogens is 2. The molecule has 94 valence electrons. The highest BCUT2D eigenvalue weighted by molar-refractivity contribution is 5.85. The van der Waals surface area contributed by atoms with E-state index in [0.29, 0.717) is 5.56 Å². The van der Waals surface area contributed by atoms with Crippen molar-refractivity contribution in [3.63, 3.8) is 0 Å². The highest BCUT2D eigenvalue weighted by Crippen LogP contribution is 1.95. The van der Waals surface area contributed by atoms with Gasteiger partial charge in [-0.05, 0) is 0 Å². The molecule has 0 spiro atoms. The summed E-state index contributed by atoms with van der Waals surface area (Å²) < 4.78 is 5.77. The van der Waals surface area contributed by atoms with E-state index >= 15 is 0 Å². The predicted molar refractivity (Wildman–Crippen MR) is 64.2 cm³/mol. The Hall–Kier alpha value is -0.980. The van der Waals surface area contributed by atoms with Gasteiger partial charge >= 0.3 is 5.97 Å². The van der Waals surface area contributed by atoms with E-state index in [1.54, 1.807) is 7.05 Å². The average Bonchev–Trinajstić information content (AvgIpc) is 2.48. The van der Waals surface area contributed by atoms with Crippen LogP contribution in [0.1, 0.15) is 5.56 Å². The number of aromatic amines is 1. The number of rotatable bonds is 3. The van der Waals surface area contributed by atoms with Crippen molar-refractivity contribution in [3.05, 3.63) is 22.1 Å². The average molecular weight is 272 g/mol. The summed E-state index contributed by atoms with van der Waals surface area (Å²) in [7, 11) is 2.85. The predicted octanol–water partition coefficient (Wildman–Crippen LogP) is -0.400. The summed E-state index contributed by atoms with van der Waals surface area (Å²) in [5.41, 5.74) is 5.80. The van der Waals surface area contributed by atoms with Crippen LogP contribution in [0.4, 0.5) is 0 Å². The number of esters is 1. The van der Waals surface area contributed by atoms with E-state index in [1.165, 1.54) is 18.0 Å². The van der Waals surface area contributed by atoms with E-state index in [-0.39, 0.29) is 36.8 Å². The maximum absolute atomic E-state index is 11.3. The summed E-state index contributed by atoms with van der Waals surface area (Å²) in [4.78, 5) is 22.3. The normalized spacial score (nSPS) is 10.9. The van der Waals surface area contributed by atoms with Crippen LogP contribution in [0.5, 0.6) is 0 Å². The van der Waals surface area contributed by atoms with Gasteiger partial charge in [0.25, 0.3) is 5.56 Å². The van der Waals surface area contributed by atoms with Gasteiger partial charge in [0.1, 0.15) is 6.04 Å². The van der Waals surface area contributed by atoms with E-state index in [0.717, 1.165) is 0 Å². The molecule has 0 saturated heterocycles. The molecule has 0 aliphatic carbocycles. The maximum atomic E-state index is 11.3. The van der Waals surface area contributed by atoms with Crippen molar-refractivity contribution < 1.29 is 9.53 Å². The minimum absolute atomic E-state index is 0. The highest BCUT2D eigenvalue weighted by Gasteiger charge is 2.16. The molecule has 6 nitrogen and oxygen atoms in total. The highest BCUT2D eigenvalue weighted by atomic mass is 35.5. The van der Waals surface area contributed by atoms with Crippen LogP contribution < -0.4 is 11.3 Å². The molecular formula is C8H15Cl2N3O3. The fraction of sp³-hybridized carbons (Fsp3) is 0.500. The molecule has 0 aliphatic rings. The lowest BCUT2D eigenvalue weighted by molar-refractivity contribution is -0.142. The molecular weight excluding hydrogens is 257 g/mol. The maximum Gasteiger partial charge on any atom is 0.322 e. The summed E-state index contributed by atoms with van der Waals surface area (Å²) in [6, 6.07) is -0.788. The van der Waals surface area contributed by atoms with Crippen molar-refractivity contribution in [1.29, 1.82) is 0 Å². The van der Waals surface area contributed by atoms with E-state index in [9.17, 15) is 9.59 Å². The minimum Gasteiger partial charge on any atom is -0.468 e. The Morgan fingerprint density at radius 1 is 1.62 bits per heavy atom. The monoisotopic (exact) mass is 271 g/mol. The van der Waals surface area contributed by atoms with Gasteiger partial charge in [0.05, 0.1) is 7.11 Å². The second-order valence-corrected chi connectivity index (χ2v) is 3.00. The van der Waals surface area contributed by atoms with Crippen LogP contribution in [-0.2, 0) is 23.0 Å². The third-order valence-electron chi connectivity index (χ3n) is 1.96. The molecule has 0 aromatic carbocycles. The Balaban J connectivity index is 0. The van der Waals surface area contributed by atoms with Crippen LogP contribution in [0.2, 0.25) is 0 Å². The first-order valence-electron chi connectivity index (χ1n) is 4.13. The van der Waals surface area contributed by atoms with Gasteiger partial charge in [-0.2, -0.15) is 0 Å². The Bertz CT molecular complexity index is 388. The molecule has 8 heteroatoms. The van der Waals surface area contributed by atoms with Gasteiger partial charge in [0, 0.05) is 25.2 Å². The summed E-state index contributed by atoms with van der Waals surface area (Å²) >= 11 is 0. The smallest absolute Gasteiger partial charge is 0.322 e. The topological polar surface area (TPSA) is 90.1 Å². The molecule has 0 radical (unpaired) electrons. The fourth-order valence-electron chi connectivity index (χ4n) is 1.13. The standard InChI is InChI=1S/C8H13N3O3.2ClH/c1-11-7(12)5(4-10-11)3-6(9)8(13)14-2;;/h4,6,10H,3,9H2,1-2H3;2*1H/t6-;;/m0../s1. The largest absolute Gasteiger partial charge is 0.468 e. The number of methoxy groups -OCH3 is 1. The molecule has 1 aromatic rings. The Morgan fingerprint density at radius 2 is 2.19 bits per heavy atom. The summed E-state index contributed by atoms with van der Waals surface area (Å²) in [5.74, 6) is -0.520. The number of aryl methyl sites for hydroxylation is 1. The Kier molecular flexibility index (Phi) is 7.97. The molecule has 0 bridgehead atoms. The first-order chi connectivity index (χ1) is 6.56. The minimum atomic E-state index is -0.788. The van der Waals surface area contributed by atoms with Crippen molar-refractivity contribution in [2.45, 2.75) is 12.5 Å². The van der Waals surface area contributed by atoms with Gasteiger partial charge in [0.2, 0.25) is 0 Å². The van der Waals surface area contributed by atoms with E-state index in [1.807, 2.05) is 0 Å². The van der Waals surface area contributed by atoms with E-state index < -0.39 is 12.0 Å². The van der Waals surface area contributed by atoms with Crippen molar-refractivity contribution in [3.8, 4) is 0 Å². The van der Waals surface area contributed by atoms with Gasteiger partial charge in [0.15, 0.2) is 0 Å². The lowest BCUT2D eigenvalue weighted by Crippen LogP contribution is -2.35. The number of H-pyrrole nitrogens is 1. The second-order valence-electron chi connectivity index (χ2n) is 3.00. The van der Waals surface area contributed by atoms with Gasteiger partial charge in [-0.1, -0.05) is 0 Å². The molecule has 1 rings (SSSR count). The lowest BCUT2D eigenvalue weighted by Gasteiger charge is -2.05. The van der Waals surface area contributed by atoms with Crippen LogP contribution in [0.15, 0.2) is 11.0 Å². The Labute approximate surface area is 105 Å². The third-order valence-corrected chi connectivity index (χ3v) is 1.96. The van der Waals surface area contributed by atoms with E-state index in [4.69, 9.17) is 5.73 Å². The molecule has 0 saturated carbocycles. The first-order valence-corrected chi connectivity index (χ1v) is 4.13. The molecule has 1 aromatic heterocycles. The number of nitrogens with zero attached hydrogens (tertiary/aromatic N) is 1. The first kappa shape index (κ1) is 17.4. The molecule has 0 fully saturated rings. The van der Waals surface area contributed by atoms with E-state index in [2.05, 4.69) is 9.84 Å². The summed E-state index contributed by atoms with van der Waals surface area (Å²) in [6.45, 7) is 0. The fourth-order valence-corrected chi connectivity index (χ4v) is 1.13. The molecule has 0 unspecified atom stereocenters. The van der Waals surface area contributed by atoms with Crippen molar-refractivity contribution in [1.82, 2.24) is 9.78 Å². The molecule has 1 heterocycles. The number of hydrogen-bond acceptors (Lipinski definition) is 4. The molecule has 3 N–H and O–H groups in total. The zero-order chi connectivity index (χ0) is 10.7. The molecule has 0 aliphatic heterocycles. The van der Waals surface area contributed by atoms with Crippen LogP contribution in [0.25, 0.3) is 0 Å². The van der Waals surface area contributed by atoms with Gasteiger partial charge in [-0.25, -0.2) is 0 Å². The quantitative estimate of drug-likeness (QED) is 0.732. The zero-order valence-corrected chi connectivity index (χ0v) is 10.6. The molecule has 16 heavy (non-hydrogen) atoms. The SMILES string of the molecule is COC(=O)[C@@H](N)Cc1c[nH]n(C)c1=O.Cl.Cl. The van der Waals surface area contributed by atoms with Crippen LogP contribution in [-0.4, -0.2) is 28.9 Å². The number of aromatic nitrogens is 2. The number of carbonyl (C=O) groups excluding carboxylic acids is 1. The third kappa shape index (κ3) is 3.88. The summed E-state index contributed by atoms with van der Waals surface area (Å²) in [5, 5.41) is 2.70. The number of hydrogen-bond donors (Lipinski definition) is 2. The van der Waals surface area contributed by atoms with Crippen molar-refractivity contribution in [2.75, 3.05) is 7.11 Å². The molecule has 0 amide bonds. The van der Waals surface area contributed by atoms with Gasteiger partial charge in [-0.3, -0.25) is 14.3 Å². The molecule has 1 atom stereocenters. The van der Waals surface area contributed by atoms with Crippen molar-refractivity contribution in [2.24, 2.45) is 12.8 Å². The second kappa shape index (κ2) is 7.32. The summed E-state index contributed by atoms with van der Waals surface area (Å²) in [6.07, 6.45) is 1.72. The number of nitrogens with two attached hydrogens (primary N) is 1. The van der Waals surface area contributed by atoms with Crippen LogP contribution in [0, 0.1) is 0 Å². The number of ether oxygens (including phenoxy) is 1. The van der Waals surface area contributed by atoms with Crippen LogP contribution in [0.3, 0.4) is 0 Å². The zero-order valence-electron chi connectivity index (χ0n) is 8.93. The van der Waals surface area contributed by atoms with Gasteiger partial charge in [-0.15, -0.1) is 24.8 Å². The lowest BCUT2D eigenvalue weighted by atomic mass is 10.1. The van der Waals surface area contributed by atoms with Crippen LogP contribution >= 0.6 is 24.8 Å².